The van der Waals surface area contributed by atoms with Crippen molar-refractivity contribution in [1.29, 1.82) is 0 Å². The van der Waals surface area contributed by atoms with Crippen LogP contribution in [0.2, 0.25) is 0 Å². The van der Waals surface area contributed by atoms with Gasteiger partial charge in [0.15, 0.2) is 34.9 Å². The van der Waals surface area contributed by atoms with Crippen LogP contribution in [-0.4, -0.2) is 242 Å². The largest absolute Gasteiger partial charge is 0.478 e. The van der Waals surface area contributed by atoms with Crippen LogP contribution >= 0.6 is 0 Å². The highest BCUT2D eigenvalue weighted by molar-refractivity contribution is 6.02. The second-order valence-corrected chi connectivity index (χ2v) is 30.4. The quantitative estimate of drug-likeness (QED) is 0.0430. The van der Waals surface area contributed by atoms with Gasteiger partial charge >= 0.3 is 24.0 Å². The second-order valence-electron chi connectivity index (χ2n) is 30.4. The fourth-order valence-corrected chi connectivity index (χ4v) is 14.6. The third-order valence-corrected chi connectivity index (χ3v) is 21.5. The van der Waals surface area contributed by atoms with Gasteiger partial charge in [-0.15, -0.1) is 15.3 Å². The molecule has 0 spiro atoms. The second kappa shape index (κ2) is 43.4. The molecule has 0 bridgehead atoms. The summed E-state index contributed by atoms with van der Waals surface area (Å²) >= 11 is 0. The summed E-state index contributed by atoms with van der Waals surface area (Å²) in [4.78, 5) is 87.1. The Labute approximate surface area is 718 Å². The number of nitrogen functional groups attached to an aromatic ring is 2. The van der Waals surface area contributed by atoms with Gasteiger partial charge in [-0.1, -0.05) is 22.3 Å². The fraction of sp³-hybridized carbons (Fsp3) is 0.352. The van der Waals surface area contributed by atoms with Gasteiger partial charge in [0, 0.05) is 120 Å². The number of amides is 5. The maximum Gasteiger partial charge on any atom is 0.335 e. The number of ether oxygens (including phenoxy) is 3. The highest BCUT2D eigenvalue weighted by atomic mass is 16.5. The number of morpholine rings is 3. The predicted molar refractivity (Wildman–Crippen MR) is 488 cm³/mol. The molecule has 3 atom stereocenters. The maximum absolute atomic E-state index is 12.9. The number of likely N-dealkylation sites (tertiary alicyclic amines) is 1. The number of hydrogen-bond donors (Lipinski definition) is 9. The van der Waals surface area contributed by atoms with E-state index in [1.54, 1.807) is 48.5 Å². The molecule has 5 amide bonds. The van der Waals surface area contributed by atoms with Crippen LogP contribution in [0.25, 0.3) is 50.7 Å². The molecule has 5 fully saturated rings. The number of piperidine rings is 2. The molecule has 6 aromatic heterocycles. The van der Waals surface area contributed by atoms with E-state index in [4.69, 9.17) is 55.9 Å². The number of nitrogens with two attached hydrogens (primary N) is 2. The number of aromatic carboxylic acids is 2. The molecule has 12 aromatic rings. The van der Waals surface area contributed by atoms with Gasteiger partial charge < -0.3 is 91.9 Å². The lowest BCUT2D eigenvalue weighted by atomic mass is 10.0. The molecule has 0 aliphatic carbocycles. The van der Waals surface area contributed by atoms with Crippen LogP contribution in [0.15, 0.2) is 201 Å². The maximum atomic E-state index is 12.9. The Hall–Kier alpha value is -13.1. The number of carbonyl (C=O) groups is 5. The van der Waals surface area contributed by atoms with Crippen molar-refractivity contribution in [2.24, 2.45) is 0 Å². The Morgan fingerprint density at radius 1 is 0.407 bits per heavy atom. The van der Waals surface area contributed by atoms with Crippen LogP contribution < -0.4 is 52.8 Å². The average Bonchev–Trinajstić information content (AvgIpc) is 1.73. The van der Waals surface area contributed by atoms with E-state index in [1.807, 2.05) is 134 Å². The Morgan fingerprint density at radius 3 is 1.01 bits per heavy atom. The van der Waals surface area contributed by atoms with Crippen LogP contribution in [-0.2, 0) is 14.2 Å². The number of nitrogens with one attached hydrogen (secondary N) is 5. The zero-order valence-electron chi connectivity index (χ0n) is 68.5. The van der Waals surface area contributed by atoms with Crippen LogP contribution in [0.4, 0.5) is 61.2 Å². The standard InChI is InChI=1S/C32H38N8O3.C25H24N6O4.C17H19N5O.C7H16N2.C7H7NO2.3CH4/c1-22-21-43-20-19-39(22)30-28-5-4-16-40(28)36-29(35-30)23-6-10-25(11-7-23)33-32(42)34-26-12-8-24(9-13-26)31(41)38-17-14-27(15-18-38)37(2)3;1-16-15-35-14-13-30(16)23-21-3-2-12-31(21)29-22(28-23)17-4-8-19(9-5-17)26-25(34)27-20-10-6-18(7-11-20)24(32)33;1-12-11-23-10-9-21(12)17-15-3-2-8-22(15)20-16(19-17)13-4-6-14(18)7-5-13;1-9(2)7-3-5-8-6-4-7;8-6-3-1-5(2-4-6)7(9)10;;;/h4-13,16,22,27H,14-15,17-21H2,1-3H3,(H2,33,34,42);2-12,16H,13-15H2,1H3,(H,32,33)(H2,26,27,34);2-8,12H,9-11,18H2,1H3;7-8H,3-6H2,1-2H3;1-4H,8H2,(H,9,10);3*1H4/t22-;16-;12-;;;;;/m111...../s1. The van der Waals surface area contributed by atoms with Gasteiger partial charge in [0.1, 0.15) is 16.6 Å². The number of aromatic nitrogens is 9. The van der Waals surface area contributed by atoms with E-state index in [2.05, 4.69) is 110 Å². The summed E-state index contributed by atoms with van der Waals surface area (Å²) in [5, 5.41) is 45.9. The molecular formula is C91H116N22O10. The van der Waals surface area contributed by atoms with E-state index < -0.39 is 18.0 Å². The molecule has 17 rings (SSSR count). The Bertz CT molecular complexity index is 5420. The summed E-state index contributed by atoms with van der Waals surface area (Å²) in [7, 11) is 8.50. The highest BCUT2D eigenvalue weighted by Crippen LogP contribution is 2.32. The van der Waals surface area contributed by atoms with Crippen molar-refractivity contribution in [1.82, 2.24) is 63.8 Å². The Morgan fingerprint density at radius 2 is 0.699 bits per heavy atom. The molecule has 11 N–H and O–H groups in total. The van der Waals surface area contributed by atoms with Gasteiger partial charge in [0.25, 0.3) is 5.91 Å². The van der Waals surface area contributed by atoms with E-state index >= 15 is 0 Å². The number of benzene rings is 6. The van der Waals surface area contributed by atoms with Gasteiger partial charge in [-0.05, 0) is 270 Å². The summed E-state index contributed by atoms with van der Waals surface area (Å²) in [6.45, 7) is 16.7. The first kappa shape index (κ1) is 92.2. The smallest absolute Gasteiger partial charge is 0.335 e. The summed E-state index contributed by atoms with van der Waals surface area (Å²) < 4.78 is 22.3. The molecule has 5 aliphatic rings. The molecular weight excluding hydrogens is 1560 g/mol. The summed E-state index contributed by atoms with van der Waals surface area (Å²) in [6, 6.07) is 54.6. The van der Waals surface area contributed by atoms with Crippen molar-refractivity contribution in [3.63, 3.8) is 0 Å². The van der Waals surface area contributed by atoms with Gasteiger partial charge in [-0.3, -0.25) is 4.79 Å². The number of carbonyl (C=O) groups excluding carboxylic acids is 3. The topological polar surface area (TPSA) is 376 Å². The number of urea groups is 2. The van der Waals surface area contributed by atoms with Crippen molar-refractivity contribution in [2.75, 3.05) is 161 Å². The molecule has 123 heavy (non-hydrogen) atoms. The first-order chi connectivity index (χ1) is 58.0. The van der Waals surface area contributed by atoms with Crippen molar-refractivity contribution < 1.29 is 48.4 Å². The molecule has 5 saturated heterocycles. The van der Waals surface area contributed by atoms with Gasteiger partial charge in [-0.25, -0.2) is 47.7 Å². The molecule has 0 saturated carbocycles. The van der Waals surface area contributed by atoms with Crippen LogP contribution in [0.1, 0.15) is 99.8 Å². The van der Waals surface area contributed by atoms with Gasteiger partial charge in [-0.2, -0.15) is 0 Å². The number of nitrogens with zero attached hydrogens (tertiary/aromatic N) is 15. The third-order valence-electron chi connectivity index (χ3n) is 21.5. The fourth-order valence-electron chi connectivity index (χ4n) is 14.6. The normalized spacial score (nSPS) is 16.6. The Balaban J connectivity index is 0.000000176. The molecule has 0 unspecified atom stereocenters. The Kier molecular flexibility index (Phi) is 32.5. The summed E-state index contributed by atoms with van der Waals surface area (Å²) in [5.41, 5.74) is 21.3. The lowest BCUT2D eigenvalue weighted by Crippen LogP contribution is -2.44. The van der Waals surface area contributed by atoms with E-state index in [0.29, 0.717) is 90.5 Å². The van der Waals surface area contributed by atoms with E-state index in [-0.39, 0.29) is 63.5 Å². The third kappa shape index (κ3) is 24.0. The van der Waals surface area contributed by atoms with Crippen molar-refractivity contribution in [3.8, 4) is 34.2 Å². The van der Waals surface area contributed by atoms with E-state index in [9.17, 15) is 24.0 Å². The van der Waals surface area contributed by atoms with Gasteiger partial charge in [0.05, 0.1) is 68.9 Å². The van der Waals surface area contributed by atoms with Gasteiger partial charge in [0.2, 0.25) is 0 Å². The molecule has 32 heteroatoms. The highest BCUT2D eigenvalue weighted by Gasteiger charge is 2.29. The number of hydrogen-bond acceptors (Lipinski definition) is 22. The number of anilines is 9. The lowest BCUT2D eigenvalue weighted by Gasteiger charge is -2.35. The van der Waals surface area contributed by atoms with E-state index in [0.717, 1.165) is 115 Å². The zero-order valence-corrected chi connectivity index (χ0v) is 68.5. The van der Waals surface area contributed by atoms with E-state index in [1.165, 1.54) is 62.3 Å². The minimum atomic E-state index is -1.02. The molecule has 650 valence electrons. The van der Waals surface area contributed by atoms with Crippen LogP contribution in [0.5, 0.6) is 0 Å². The lowest BCUT2D eigenvalue weighted by molar-refractivity contribution is 0.0660. The number of fused-ring (bicyclic) bond motifs is 3. The molecule has 11 heterocycles. The molecule has 6 aromatic carbocycles. The first-order valence-electron chi connectivity index (χ1n) is 40.2. The predicted octanol–water partition coefficient (Wildman–Crippen LogP) is 13.8. The summed E-state index contributed by atoms with van der Waals surface area (Å²) in [5.74, 6) is 2.66. The number of rotatable bonds is 15. The minimum absolute atomic E-state index is 0. The zero-order chi connectivity index (χ0) is 84.3. The monoisotopic (exact) mass is 1680 g/mol. The summed E-state index contributed by atoms with van der Waals surface area (Å²) in [6.07, 6.45) is 10.4. The van der Waals surface area contributed by atoms with Crippen LogP contribution in [0.3, 0.4) is 0 Å². The molecule has 32 nitrogen and oxygen atoms in total. The minimum Gasteiger partial charge on any atom is -0.478 e. The molecule has 5 aliphatic heterocycles. The SMILES string of the molecule is C.C.C.CN(C)C1CCNCC1.C[C@@H]1COCCN1c1nc(-c2ccc(N)cc2)nn2cccc12.C[C@@H]1COCCN1c1nc(-c2ccc(NC(=O)Nc3ccc(C(=O)N4CCC(N(C)C)CC4)cc3)cc2)nn2cccc12.C[C@@H]1COCCN1c1nc(-c2ccc(NC(=O)Nc3ccc(C(=O)O)cc3)cc2)nn2cccc12.Nc1ccc(C(=O)O)cc1. The first-order valence-corrected chi connectivity index (χ1v) is 40.2. The number of carboxylic acid groups (broad SMARTS) is 2. The van der Waals surface area contributed by atoms with Crippen molar-refractivity contribution >= 4 is 98.0 Å². The molecule has 0 radical (unpaired) electrons. The van der Waals surface area contributed by atoms with Crippen molar-refractivity contribution in [3.05, 3.63) is 217 Å². The average molecular weight is 1680 g/mol. The van der Waals surface area contributed by atoms with Crippen molar-refractivity contribution in [2.45, 2.75) is 98.9 Å². The van der Waals surface area contributed by atoms with Crippen LogP contribution in [0, 0.1) is 0 Å². The number of carboxylic acids is 2.